The van der Waals surface area contributed by atoms with Gasteiger partial charge in [0.1, 0.15) is 5.76 Å². The van der Waals surface area contributed by atoms with E-state index in [1.807, 2.05) is 6.92 Å². The van der Waals surface area contributed by atoms with Gasteiger partial charge in [-0.2, -0.15) is 13.2 Å². The average molecular weight is 276 g/mol. The number of hydrogen-bond donors (Lipinski definition) is 1. The summed E-state index contributed by atoms with van der Waals surface area (Å²) in [5.41, 5.74) is 0. The molecular formula is C13H19F3N2O. The van der Waals surface area contributed by atoms with E-state index in [4.69, 9.17) is 4.42 Å². The smallest absolute Gasteiger partial charge is 0.391 e. The molecule has 0 unspecified atom stereocenters. The second kappa shape index (κ2) is 5.94. The summed E-state index contributed by atoms with van der Waals surface area (Å²) >= 11 is 0. The third kappa shape index (κ3) is 3.96. The average Bonchev–Trinajstić information content (AvgIpc) is 2.84. The molecule has 108 valence electrons. The molecule has 1 saturated carbocycles. The molecule has 1 aliphatic rings. The highest BCUT2D eigenvalue weighted by atomic mass is 19.4. The summed E-state index contributed by atoms with van der Waals surface area (Å²) in [5.74, 6) is 0.311. The number of nitrogens with zero attached hydrogens (tertiary/aromatic N) is 1. The van der Waals surface area contributed by atoms with Gasteiger partial charge in [-0.25, -0.2) is 4.98 Å². The minimum absolute atomic E-state index is 0.135. The van der Waals surface area contributed by atoms with Gasteiger partial charge in [0.05, 0.1) is 18.7 Å². The highest BCUT2D eigenvalue weighted by molar-refractivity contribution is 4.93. The zero-order chi connectivity index (χ0) is 13.9. The van der Waals surface area contributed by atoms with Crippen molar-refractivity contribution in [2.24, 2.45) is 5.92 Å². The SMILES string of the molecule is CCc1cnc(CNC2CCC(C(F)(F)F)CC2)o1. The van der Waals surface area contributed by atoms with E-state index in [9.17, 15) is 13.2 Å². The standard InChI is InChI=1S/C13H19F3N2O/c1-2-11-7-18-12(19-11)8-17-10-5-3-9(4-6-10)13(14,15)16/h7,9-10,17H,2-6,8H2,1H3. The zero-order valence-corrected chi connectivity index (χ0v) is 11.0. The second-order valence-electron chi connectivity index (χ2n) is 5.04. The van der Waals surface area contributed by atoms with Crippen molar-refractivity contribution in [3.63, 3.8) is 0 Å². The van der Waals surface area contributed by atoms with Crippen LogP contribution >= 0.6 is 0 Å². The van der Waals surface area contributed by atoms with E-state index in [0.29, 0.717) is 25.3 Å². The molecule has 1 aliphatic carbocycles. The summed E-state index contributed by atoms with van der Waals surface area (Å²) in [7, 11) is 0. The van der Waals surface area contributed by atoms with Crippen LogP contribution in [0.2, 0.25) is 0 Å². The Kier molecular flexibility index (Phi) is 4.50. The Labute approximate surface area is 110 Å². The van der Waals surface area contributed by atoms with Crippen molar-refractivity contribution in [2.45, 2.75) is 57.8 Å². The maximum absolute atomic E-state index is 12.5. The van der Waals surface area contributed by atoms with Crippen LogP contribution in [0.3, 0.4) is 0 Å². The summed E-state index contributed by atoms with van der Waals surface area (Å²) in [4.78, 5) is 4.12. The second-order valence-corrected chi connectivity index (χ2v) is 5.04. The predicted octanol–water partition coefficient (Wildman–Crippen LogP) is 3.45. The Hall–Kier alpha value is -1.04. The number of halogens is 3. The lowest BCUT2D eigenvalue weighted by Gasteiger charge is -2.30. The van der Waals surface area contributed by atoms with Crippen LogP contribution in [0.25, 0.3) is 0 Å². The van der Waals surface area contributed by atoms with Crippen LogP contribution in [-0.4, -0.2) is 17.2 Å². The van der Waals surface area contributed by atoms with Crippen molar-refractivity contribution < 1.29 is 17.6 Å². The van der Waals surface area contributed by atoms with Gasteiger partial charge in [-0.05, 0) is 25.7 Å². The highest BCUT2D eigenvalue weighted by Crippen LogP contribution is 2.37. The van der Waals surface area contributed by atoms with Crippen molar-refractivity contribution in [3.05, 3.63) is 17.8 Å². The van der Waals surface area contributed by atoms with Crippen LogP contribution < -0.4 is 5.32 Å². The van der Waals surface area contributed by atoms with Gasteiger partial charge in [0.15, 0.2) is 0 Å². The van der Waals surface area contributed by atoms with E-state index in [1.165, 1.54) is 0 Å². The highest BCUT2D eigenvalue weighted by Gasteiger charge is 2.41. The Morgan fingerprint density at radius 1 is 1.32 bits per heavy atom. The van der Waals surface area contributed by atoms with Crippen LogP contribution in [0.15, 0.2) is 10.6 Å². The molecule has 2 rings (SSSR count). The summed E-state index contributed by atoms with van der Waals surface area (Å²) < 4.78 is 43.0. The number of aryl methyl sites for hydroxylation is 1. The lowest BCUT2D eigenvalue weighted by atomic mass is 9.85. The number of alkyl halides is 3. The molecule has 19 heavy (non-hydrogen) atoms. The number of aromatic nitrogens is 1. The van der Waals surface area contributed by atoms with Crippen LogP contribution in [-0.2, 0) is 13.0 Å². The number of rotatable bonds is 4. The Morgan fingerprint density at radius 2 is 2.00 bits per heavy atom. The van der Waals surface area contributed by atoms with Crippen LogP contribution in [0, 0.1) is 5.92 Å². The van der Waals surface area contributed by atoms with Gasteiger partial charge in [0.2, 0.25) is 5.89 Å². The van der Waals surface area contributed by atoms with Crippen molar-refractivity contribution in [1.82, 2.24) is 10.3 Å². The van der Waals surface area contributed by atoms with E-state index in [0.717, 1.165) is 12.2 Å². The Morgan fingerprint density at radius 3 is 2.53 bits per heavy atom. The fourth-order valence-electron chi connectivity index (χ4n) is 2.45. The fourth-order valence-corrected chi connectivity index (χ4v) is 2.45. The molecule has 0 saturated heterocycles. The van der Waals surface area contributed by atoms with E-state index < -0.39 is 12.1 Å². The molecular weight excluding hydrogens is 257 g/mol. The van der Waals surface area contributed by atoms with Crippen LogP contribution in [0.5, 0.6) is 0 Å². The fraction of sp³-hybridized carbons (Fsp3) is 0.769. The quantitative estimate of drug-likeness (QED) is 0.915. The largest absolute Gasteiger partial charge is 0.444 e. The van der Waals surface area contributed by atoms with E-state index in [-0.39, 0.29) is 18.9 Å². The molecule has 1 heterocycles. The maximum atomic E-state index is 12.5. The Balaban J connectivity index is 1.74. The van der Waals surface area contributed by atoms with Crippen molar-refractivity contribution in [3.8, 4) is 0 Å². The third-order valence-corrected chi connectivity index (χ3v) is 3.68. The number of hydrogen-bond acceptors (Lipinski definition) is 3. The molecule has 0 aliphatic heterocycles. The van der Waals surface area contributed by atoms with Crippen LogP contribution in [0.1, 0.15) is 44.3 Å². The lowest BCUT2D eigenvalue weighted by Crippen LogP contribution is -2.36. The molecule has 1 fully saturated rings. The van der Waals surface area contributed by atoms with Crippen molar-refractivity contribution in [1.29, 1.82) is 0 Å². The molecule has 0 amide bonds. The van der Waals surface area contributed by atoms with Gasteiger partial charge in [-0.1, -0.05) is 6.92 Å². The van der Waals surface area contributed by atoms with Gasteiger partial charge in [0.25, 0.3) is 0 Å². The molecule has 0 radical (unpaired) electrons. The Bertz CT molecular complexity index is 395. The van der Waals surface area contributed by atoms with Crippen LogP contribution in [0.4, 0.5) is 13.2 Å². The maximum Gasteiger partial charge on any atom is 0.391 e. The normalized spacial score (nSPS) is 24.6. The first-order chi connectivity index (χ1) is 8.99. The topological polar surface area (TPSA) is 38.1 Å². The minimum Gasteiger partial charge on any atom is -0.444 e. The molecule has 1 aromatic heterocycles. The number of nitrogens with one attached hydrogen (secondary N) is 1. The van der Waals surface area contributed by atoms with Gasteiger partial charge < -0.3 is 9.73 Å². The first-order valence-electron chi connectivity index (χ1n) is 6.72. The summed E-state index contributed by atoms with van der Waals surface area (Å²) in [6.07, 6.45) is 0.00177. The molecule has 0 aromatic carbocycles. The molecule has 1 N–H and O–H groups in total. The first kappa shape index (κ1) is 14.4. The van der Waals surface area contributed by atoms with Gasteiger partial charge in [-0.15, -0.1) is 0 Å². The third-order valence-electron chi connectivity index (χ3n) is 3.68. The molecule has 3 nitrogen and oxygen atoms in total. The van der Waals surface area contributed by atoms with Gasteiger partial charge in [-0.3, -0.25) is 0 Å². The van der Waals surface area contributed by atoms with Gasteiger partial charge in [0, 0.05) is 12.5 Å². The van der Waals surface area contributed by atoms with E-state index in [2.05, 4.69) is 10.3 Å². The number of oxazole rings is 1. The van der Waals surface area contributed by atoms with Crippen molar-refractivity contribution in [2.75, 3.05) is 0 Å². The molecule has 1 aromatic rings. The summed E-state index contributed by atoms with van der Waals surface area (Å²) in [6, 6.07) is 0.135. The molecule has 0 spiro atoms. The van der Waals surface area contributed by atoms with Gasteiger partial charge >= 0.3 is 6.18 Å². The lowest BCUT2D eigenvalue weighted by molar-refractivity contribution is -0.182. The zero-order valence-electron chi connectivity index (χ0n) is 11.0. The van der Waals surface area contributed by atoms with E-state index >= 15 is 0 Å². The van der Waals surface area contributed by atoms with Crippen molar-refractivity contribution >= 4 is 0 Å². The molecule has 6 heteroatoms. The monoisotopic (exact) mass is 276 g/mol. The minimum atomic E-state index is -4.04. The predicted molar refractivity (Wildman–Crippen MR) is 64.5 cm³/mol. The molecule has 0 bridgehead atoms. The first-order valence-corrected chi connectivity index (χ1v) is 6.72. The summed E-state index contributed by atoms with van der Waals surface area (Å²) in [6.45, 7) is 2.47. The molecule has 0 atom stereocenters. The van der Waals surface area contributed by atoms with E-state index in [1.54, 1.807) is 6.20 Å². The summed E-state index contributed by atoms with van der Waals surface area (Å²) in [5, 5.41) is 3.22.